The first-order valence-electron chi connectivity index (χ1n) is 7.25. The molecule has 104 valence electrons. The topological polar surface area (TPSA) is 32.3 Å². The molecule has 3 heteroatoms. The summed E-state index contributed by atoms with van der Waals surface area (Å²) in [5.74, 6) is 0.234. The lowest BCUT2D eigenvalue weighted by Gasteiger charge is -2.30. The Morgan fingerprint density at radius 3 is 3.00 bits per heavy atom. The maximum absolute atomic E-state index is 12.4. The predicted octanol–water partition coefficient (Wildman–Crippen LogP) is 2.66. The fraction of sp³-hybridized carbons (Fsp3) is 0.562. The van der Waals surface area contributed by atoms with Crippen LogP contribution in [0.4, 0.5) is 5.69 Å². The molecule has 0 fully saturated rings. The van der Waals surface area contributed by atoms with Gasteiger partial charge >= 0.3 is 0 Å². The van der Waals surface area contributed by atoms with Crippen LogP contribution in [-0.4, -0.2) is 25.0 Å². The summed E-state index contributed by atoms with van der Waals surface area (Å²) >= 11 is 0. The molecule has 0 aromatic heterocycles. The Labute approximate surface area is 116 Å². The first-order chi connectivity index (χ1) is 9.11. The van der Waals surface area contributed by atoms with Crippen molar-refractivity contribution in [1.29, 1.82) is 0 Å². The zero-order chi connectivity index (χ0) is 13.8. The standard InChI is InChI=1S/C16H24N2O/c1-4-17-13(3)11-16(19)18-9-5-6-14-10-12(2)7-8-15(14)18/h7-8,10,13,17H,4-6,9,11H2,1-3H3. The Balaban J connectivity index is 2.12. The molecule has 0 bridgehead atoms. The molecule has 0 spiro atoms. The van der Waals surface area contributed by atoms with Crippen molar-refractivity contribution < 1.29 is 4.79 Å². The van der Waals surface area contributed by atoms with Crippen molar-refractivity contribution in [3.63, 3.8) is 0 Å². The number of nitrogens with zero attached hydrogens (tertiary/aromatic N) is 1. The molecule has 1 unspecified atom stereocenters. The van der Waals surface area contributed by atoms with Gasteiger partial charge in [0.2, 0.25) is 5.91 Å². The van der Waals surface area contributed by atoms with Gasteiger partial charge < -0.3 is 10.2 Å². The van der Waals surface area contributed by atoms with E-state index in [1.54, 1.807) is 0 Å². The molecule has 0 saturated carbocycles. The van der Waals surface area contributed by atoms with Crippen LogP contribution in [0.15, 0.2) is 18.2 Å². The van der Waals surface area contributed by atoms with Gasteiger partial charge in [0.1, 0.15) is 0 Å². The average molecular weight is 260 g/mol. The Morgan fingerprint density at radius 1 is 1.47 bits per heavy atom. The Kier molecular flexibility index (Phi) is 4.59. The number of benzene rings is 1. The normalized spacial score (nSPS) is 16.1. The van der Waals surface area contributed by atoms with E-state index in [1.165, 1.54) is 11.1 Å². The number of nitrogens with one attached hydrogen (secondary N) is 1. The number of carbonyl (C=O) groups excluding carboxylic acids is 1. The number of amides is 1. The van der Waals surface area contributed by atoms with E-state index in [4.69, 9.17) is 0 Å². The van der Waals surface area contributed by atoms with Crippen LogP contribution in [0.25, 0.3) is 0 Å². The van der Waals surface area contributed by atoms with Crippen LogP contribution in [0.2, 0.25) is 0 Å². The third kappa shape index (κ3) is 3.35. The lowest BCUT2D eigenvalue weighted by atomic mass is 9.99. The van der Waals surface area contributed by atoms with E-state index in [1.807, 2.05) is 4.90 Å². The fourth-order valence-electron chi connectivity index (χ4n) is 2.78. The van der Waals surface area contributed by atoms with Gasteiger partial charge in [-0.05, 0) is 44.9 Å². The first-order valence-corrected chi connectivity index (χ1v) is 7.25. The second kappa shape index (κ2) is 6.20. The van der Waals surface area contributed by atoms with E-state index in [9.17, 15) is 4.79 Å². The van der Waals surface area contributed by atoms with Gasteiger partial charge in [0.05, 0.1) is 0 Å². The number of carbonyl (C=O) groups is 1. The number of anilines is 1. The number of hydrogen-bond donors (Lipinski definition) is 1. The number of hydrogen-bond acceptors (Lipinski definition) is 2. The van der Waals surface area contributed by atoms with E-state index in [0.29, 0.717) is 6.42 Å². The fourth-order valence-corrected chi connectivity index (χ4v) is 2.78. The van der Waals surface area contributed by atoms with Crippen molar-refractivity contribution in [1.82, 2.24) is 5.32 Å². The van der Waals surface area contributed by atoms with Crippen LogP contribution in [0.1, 0.15) is 37.8 Å². The predicted molar refractivity (Wildman–Crippen MR) is 79.6 cm³/mol. The highest BCUT2D eigenvalue weighted by atomic mass is 16.2. The van der Waals surface area contributed by atoms with E-state index < -0.39 is 0 Å². The molecular formula is C16H24N2O. The molecule has 1 aliphatic heterocycles. The summed E-state index contributed by atoms with van der Waals surface area (Å²) in [6, 6.07) is 6.65. The largest absolute Gasteiger partial charge is 0.314 e. The summed E-state index contributed by atoms with van der Waals surface area (Å²) in [6.07, 6.45) is 2.72. The molecule has 0 saturated heterocycles. The van der Waals surface area contributed by atoms with Crippen LogP contribution in [0.5, 0.6) is 0 Å². The summed E-state index contributed by atoms with van der Waals surface area (Å²) in [7, 11) is 0. The van der Waals surface area contributed by atoms with Gasteiger partial charge in [-0.2, -0.15) is 0 Å². The number of aryl methyl sites for hydroxylation is 2. The summed E-state index contributed by atoms with van der Waals surface area (Å²) in [4.78, 5) is 14.4. The van der Waals surface area contributed by atoms with Gasteiger partial charge in [-0.1, -0.05) is 24.6 Å². The summed E-state index contributed by atoms with van der Waals surface area (Å²) in [5.41, 5.74) is 3.70. The number of rotatable bonds is 4. The second-order valence-corrected chi connectivity index (χ2v) is 5.44. The molecule has 1 heterocycles. The van der Waals surface area contributed by atoms with Crippen molar-refractivity contribution in [2.75, 3.05) is 18.0 Å². The molecule has 1 atom stereocenters. The van der Waals surface area contributed by atoms with Crippen LogP contribution < -0.4 is 10.2 Å². The molecule has 19 heavy (non-hydrogen) atoms. The average Bonchev–Trinajstić information content (AvgIpc) is 2.37. The molecule has 1 aromatic carbocycles. The Hall–Kier alpha value is -1.35. The van der Waals surface area contributed by atoms with E-state index in [2.05, 4.69) is 44.3 Å². The SMILES string of the molecule is CCNC(C)CC(=O)N1CCCc2cc(C)ccc21. The lowest BCUT2D eigenvalue weighted by molar-refractivity contribution is -0.119. The highest BCUT2D eigenvalue weighted by molar-refractivity contribution is 5.94. The molecule has 1 amide bonds. The smallest absolute Gasteiger partial charge is 0.228 e. The second-order valence-electron chi connectivity index (χ2n) is 5.44. The quantitative estimate of drug-likeness (QED) is 0.902. The highest BCUT2D eigenvalue weighted by Crippen LogP contribution is 2.28. The Bertz CT molecular complexity index is 456. The molecule has 0 radical (unpaired) electrons. The van der Waals surface area contributed by atoms with E-state index >= 15 is 0 Å². The Morgan fingerprint density at radius 2 is 2.26 bits per heavy atom. The summed E-state index contributed by atoms with van der Waals surface area (Å²) in [5, 5.41) is 3.30. The van der Waals surface area contributed by atoms with Gasteiger partial charge in [-0.25, -0.2) is 0 Å². The third-order valence-electron chi connectivity index (χ3n) is 3.69. The summed E-state index contributed by atoms with van der Waals surface area (Å²) in [6.45, 7) is 8.01. The van der Waals surface area contributed by atoms with Crippen LogP contribution >= 0.6 is 0 Å². The maximum atomic E-state index is 12.4. The van der Waals surface area contributed by atoms with E-state index in [-0.39, 0.29) is 11.9 Å². The molecule has 1 aliphatic rings. The maximum Gasteiger partial charge on any atom is 0.228 e. The monoisotopic (exact) mass is 260 g/mol. The van der Waals surface area contributed by atoms with Crippen molar-refractivity contribution in [2.45, 2.75) is 46.1 Å². The summed E-state index contributed by atoms with van der Waals surface area (Å²) < 4.78 is 0. The van der Waals surface area contributed by atoms with Gasteiger partial charge in [0.15, 0.2) is 0 Å². The molecule has 1 aromatic rings. The first kappa shape index (κ1) is 14.1. The molecule has 0 aliphatic carbocycles. The minimum absolute atomic E-state index is 0.234. The highest BCUT2D eigenvalue weighted by Gasteiger charge is 2.23. The van der Waals surface area contributed by atoms with Crippen molar-refractivity contribution >= 4 is 11.6 Å². The minimum Gasteiger partial charge on any atom is -0.314 e. The van der Waals surface area contributed by atoms with Gasteiger partial charge in [0, 0.05) is 24.7 Å². The van der Waals surface area contributed by atoms with Gasteiger partial charge in [-0.15, -0.1) is 0 Å². The lowest BCUT2D eigenvalue weighted by Crippen LogP contribution is -2.39. The van der Waals surface area contributed by atoms with Crippen molar-refractivity contribution in [3.8, 4) is 0 Å². The minimum atomic E-state index is 0.234. The zero-order valence-corrected chi connectivity index (χ0v) is 12.2. The van der Waals surface area contributed by atoms with Crippen LogP contribution in [0, 0.1) is 6.92 Å². The van der Waals surface area contributed by atoms with Gasteiger partial charge in [-0.3, -0.25) is 4.79 Å². The van der Waals surface area contributed by atoms with E-state index in [0.717, 1.165) is 31.6 Å². The van der Waals surface area contributed by atoms with Gasteiger partial charge in [0.25, 0.3) is 0 Å². The molecule has 1 N–H and O–H groups in total. The van der Waals surface area contributed by atoms with Crippen molar-refractivity contribution in [2.24, 2.45) is 0 Å². The number of fused-ring (bicyclic) bond motifs is 1. The van der Waals surface area contributed by atoms with Crippen LogP contribution in [0.3, 0.4) is 0 Å². The van der Waals surface area contributed by atoms with Crippen LogP contribution in [-0.2, 0) is 11.2 Å². The third-order valence-corrected chi connectivity index (χ3v) is 3.69. The molecular weight excluding hydrogens is 236 g/mol. The zero-order valence-electron chi connectivity index (χ0n) is 12.2. The molecule has 3 nitrogen and oxygen atoms in total. The van der Waals surface area contributed by atoms with Crippen molar-refractivity contribution in [3.05, 3.63) is 29.3 Å². The molecule has 2 rings (SSSR count).